The Balaban J connectivity index is 2.49. The van der Waals surface area contributed by atoms with Gasteiger partial charge in [0.25, 0.3) is 5.91 Å². The van der Waals surface area contributed by atoms with Crippen molar-refractivity contribution in [1.29, 1.82) is 0 Å². The summed E-state index contributed by atoms with van der Waals surface area (Å²) in [5.41, 5.74) is 4.97. The summed E-state index contributed by atoms with van der Waals surface area (Å²) in [4.78, 5) is 25.9. The van der Waals surface area contributed by atoms with E-state index in [1.807, 2.05) is 0 Å². The van der Waals surface area contributed by atoms with Crippen LogP contribution in [0.1, 0.15) is 10.4 Å². The highest BCUT2D eigenvalue weighted by Gasteiger charge is 2.12. The summed E-state index contributed by atoms with van der Waals surface area (Å²) in [6.07, 6.45) is 1.01. The molecule has 19 heavy (non-hydrogen) atoms. The van der Waals surface area contributed by atoms with E-state index in [-0.39, 0.29) is 31.1 Å². The van der Waals surface area contributed by atoms with Crippen LogP contribution in [0.15, 0.2) is 12.3 Å². The average molecular weight is 270 g/mol. The molecule has 0 saturated heterocycles. The highest BCUT2D eigenvalue weighted by molar-refractivity contribution is 5.98. The summed E-state index contributed by atoms with van der Waals surface area (Å²) < 4.78 is 17.9. The Morgan fingerprint density at radius 3 is 2.89 bits per heavy atom. The van der Waals surface area contributed by atoms with Crippen molar-refractivity contribution in [2.24, 2.45) is 5.73 Å². The number of anilines is 1. The number of carbonyl (C=O) groups excluding carboxylic acids is 2. The van der Waals surface area contributed by atoms with E-state index in [0.29, 0.717) is 0 Å². The maximum atomic E-state index is 13.0. The van der Waals surface area contributed by atoms with Crippen LogP contribution >= 0.6 is 0 Å². The number of hydrogen-bond acceptors (Lipinski definition) is 5. The molecular formula is C11H15FN4O3. The second-order valence-corrected chi connectivity index (χ2v) is 3.57. The predicted octanol–water partition coefficient (Wildman–Crippen LogP) is -0.506. The zero-order valence-electron chi connectivity index (χ0n) is 10.4. The fourth-order valence-electron chi connectivity index (χ4n) is 1.32. The van der Waals surface area contributed by atoms with E-state index in [2.05, 4.69) is 15.6 Å². The van der Waals surface area contributed by atoms with Crippen LogP contribution in [-0.4, -0.2) is 43.6 Å². The molecule has 0 atom stereocenters. The van der Waals surface area contributed by atoms with Gasteiger partial charge in [0.15, 0.2) is 0 Å². The van der Waals surface area contributed by atoms with E-state index in [1.54, 1.807) is 7.05 Å². The van der Waals surface area contributed by atoms with Gasteiger partial charge in [-0.25, -0.2) is 9.37 Å². The highest BCUT2D eigenvalue weighted by atomic mass is 19.1. The molecule has 0 radical (unpaired) electrons. The molecule has 0 fully saturated rings. The molecule has 2 amide bonds. The third-order valence-corrected chi connectivity index (χ3v) is 2.11. The summed E-state index contributed by atoms with van der Waals surface area (Å²) in [5.74, 6) is -1.40. The number of primary amides is 1. The van der Waals surface area contributed by atoms with Crippen molar-refractivity contribution in [1.82, 2.24) is 10.3 Å². The number of halogens is 1. The lowest BCUT2D eigenvalue weighted by atomic mass is 10.2. The highest BCUT2D eigenvalue weighted by Crippen LogP contribution is 2.12. The Hall–Kier alpha value is -2.22. The molecule has 0 aliphatic heterocycles. The molecule has 8 heteroatoms. The third-order valence-electron chi connectivity index (χ3n) is 2.11. The molecule has 1 aromatic heterocycles. The van der Waals surface area contributed by atoms with Crippen LogP contribution in [0, 0.1) is 5.82 Å². The quantitative estimate of drug-likeness (QED) is 0.579. The number of carbonyl (C=O) groups is 2. The molecule has 0 bridgehead atoms. The number of pyridine rings is 1. The summed E-state index contributed by atoms with van der Waals surface area (Å²) >= 11 is 0. The van der Waals surface area contributed by atoms with Crippen molar-refractivity contribution in [2.75, 3.05) is 32.1 Å². The van der Waals surface area contributed by atoms with Gasteiger partial charge in [-0.15, -0.1) is 0 Å². The molecule has 0 saturated carbocycles. The van der Waals surface area contributed by atoms with E-state index < -0.39 is 17.6 Å². The van der Waals surface area contributed by atoms with Crippen molar-refractivity contribution in [3.63, 3.8) is 0 Å². The summed E-state index contributed by atoms with van der Waals surface area (Å²) in [7, 11) is 1.58. The summed E-state index contributed by atoms with van der Waals surface area (Å²) in [6, 6.07) is 1.08. The van der Waals surface area contributed by atoms with Crippen molar-refractivity contribution in [3.05, 3.63) is 23.6 Å². The number of nitrogens with zero attached hydrogens (tertiary/aromatic N) is 1. The van der Waals surface area contributed by atoms with Gasteiger partial charge >= 0.3 is 0 Å². The van der Waals surface area contributed by atoms with Crippen molar-refractivity contribution in [3.8, 4) is 0 Å². The largest absolute Gasteiger partial charge is 0.372 e. The molecule has 104 valence electrons. The van der Waals surface area contributed by atoms with Gasteiger partial charge in [0.05, 0.1) is 18.4 Å². The molecule has 1 heterocycles. The van der Waals surface area contributed by atoms with Crippen LogP contribution in [0.25, 0.3) is 0 Å². The van der Waals surface area contributed by atoms with Gasteiger partial charge in [-0.2, -0.15) is 0 Å². The lowest BCUT2D eigenvalue weighted by Crippen LogP contribution is -2.29. The van der Waals surface area contributed by atoms with Gasteiger partial charge in [0.2, 0.25) is 5.91 Å². The van der Waals surface area contributed by atoms with Crippen LogP contribution in [0.5, 0.6) is 0 Å². The van der Waals surface area contributed by atoms with E-state index in [0.717, 1.165) is 12.3 Å². The van der Waals surface area contributed by atoms with Crippen molar-refractivity contribution in [2.45, 2.75) is 0 Å². The molecule has 0 aromatic carbocycles. The predicted molar refractivity (Wildman–Crippen MR) is 66.1 cm³/mol. The molecule has 1 rings (SSSR count). The van der Waals surface area contributed by atoms with Crippen molar-refractivity contribution < 1.29 is 18.7 Å². The smallest absolute Gasteiger partial charge is 0.255 e. The first-order valence-electron chi connectivity index (χ1n) is 5.52. The van der Waals surface area contributed by atoms with Crippen LogP contribution < -0.4 is 16.4 Å². The normalized spacial score (nSPS) is 10.0. The fraction of sp³-hybridized carbons (Fsp3) is 0.364. The van der Waals surface area contributed by atoms with E-state index in [4.69, 9.17) is 10.5 Å². The first kappa shape index (κ1) is 14.8. The molecule has 0 spiro atoms. The summed E-state index contributed by atoms with van der Waals surface area (Å²) in [6.45, 7) is 0.0945. The Bertz CT molecular complexity index is 467. The maximum absolute atomic E-state index is 13.0. The van der Waals surface area contributed by atoms with Crippen LogP contribution in [0.3, 0.4) is 0 Å². The lowest BCUT2D eigenvalue weighted by molar-refractivity contribution is -0.122. The molecule has 7 nitrogen and oxygen atoms in total. The number of nitrogens with one attached hydrogen (secondary N) is 2. The van der Waals surface area contributed by atoms with E-state index in [1.165, 1.54) is 0 Å². The van der Waals surface area contributed by atoms with Gasteiger partial charge in [0, 0.05) is 13.6 Å². The minimum absolute atomic E-state index is 0.0948. The Morgan fingerprint density at radius 2 is 2.26 bits per heavy atom. The molecule has 0 aliphatic carbocycles. The monoisotopic (exact) mass is 270 g/mol. The molecule has 4 N–H and O–H groups in total. The fourth-order valence-corrected chi connectivity index (χ4v) is 1.32. The summed E-state index contributed by atoms with van der Waals surface area (Å²) in [5, 5.41) is 5.20. The maximum Gasteiger partial charge on any atom is 0.255 e. The second kappa shape index (κ2) is 7.27. The second-order valence-electron chi connectivity index (χ2n) is 3.57. The molecule has 0 aliphatic rings. The first-order valence-corrected chi connectivity index (χ1v) is 5.52. The van der Waals surface area contributed by atoms with Gasteiger partial charge in [-0.3, -0.25) is 9.59 Å². The number of hydrogen-bond donors (Lipinski definition) is 3. The average Bonchev–Trinajstić information content (AvgIpc) is 2.37. The zero-order valence-corrected chi connectivity index (χ0v) is 10.4. The minimum atomic E-state index is -0.603. The van der Waals surface area contributed by atoms with Gasteiger partial charge < -0.3 is 21.1 Å². The van der Waals surface area contributed by atoms with Crippen LogP contribution in [0.4, 0.5) is 10.2 Å². The standard InChI is InChI=1S/C11H15FN4O3/c1-14-10-8(4-7(12)5-16-10)11(18)15-2-3-19-6-9(13)17/h4-5H,2-3,6H2,1H3,(H2,13,17)(H,14,16)(H,15,18). The zero-order chi connectivity index (χ0) is 14.3. The Kier molecular flexibility index (Phi) is 5.68. The Labute approximate surface area is 109 Å². The first-order chi connectivity index (χ1) is 9.04. The number of aromatic nitrogens is 1. The molecule has 1 aromatic rings. The SMILES string of the molecule is CNc1ncc(F)cc1C(=O)NCCOCC(N)=O. The van der Waals surface area contributed by atoms with Gasteiger partial charge in [0.1, 0.15) is 18.2 Å². The van der Waals surface area contributed by atoms with Gasteiger partial charge in [-0.1, -0.05) is 0 Å². The lowest BCUT2D eigenvalue weighted by Gasteiger charge is -2.09. The van der Waals surface area contributed by atoms with Crippen LogP contribution in [0.2, 0.25) is 0 Å². The minimum Gasteiger partial charge on any atom is -0.372 e. The van der Waals surface area contributed by atoms with Crippen molar-refractivity contribution >= 4 is 17.6 Å². The van der Waals surface area contributed by atoms with E-state index >= 15 is 0 Å². The Morgan fingerprint density at radius 1 is 1.53 bits per heavy atom. The van der Waals surface area contributed by atoms with E-state index in [9.17, 15) is 14.0 Å². The third kappa shape index (κ3) is 4.88. The number of rotatable bonds is 7. The number of amides is 2. The number of nitrogens with two attached hydrogens (primary N) is 1. The molecular weight excluding hydrogens is 255 g/mol. The van der Waals surface area contributed by atoms with Gasteiger partial charge in [-0.05, 0) is 6.07 Å². The topological polar surface area (TPSA) is 106 Å². The number of ether oxygens (including phenoxy) is 1. The molecule has 0 unspecified atom stereocenters. The van der Waals surface area contributed by atoms with Crippen LogP contribution in [-0.2, 0) is 9.53 Å².